The van der Waals surface area contributed by atoms with Gasteiger partial charge in [-0.05, 0) is 52.9 Å². The quantitative estimate of drug-likeness (QED) is 0.387. The minimum Gasteiger partial charge on any atom is -0.497 e. The van der Waals surface area contributed by atoms with Crippen LogP contribution < -0.4 is 4.74 Å². The maximum atomic E-state index is 11.7. The van der Waals surface area contributed by atoms with Crippen molar-refractivity contribution >= 4 is 16.9 Å². The molecule has 0 aliphatic carbocycles. The molecule has 0 spiro atoms. The fraction of sp³-hybridized carbons (Fsp3) is 0.321. The number of carbonyl (C=O) groups is 1. The highest BCUT2D eigenvalue weighted by Crippen LogP contribution is 2.31. The second-order valence-corrected chi connectivity index (χ2v) is 9.13. The first-order valence-electron chi connectivity index (χ1n) is 12.2. The molecule has 2 heterocycles. The molecule has 1 aliphatic rings. The molecule has 8 heteroatoms. The zero-order valence-corrected chi connectivity index (χ0v) is 20.3. The summed E-state index contributed by atoms with van der Waals surface area (Å²) >= 11 is 0. The maximum Gasteiger partial charge on any atom is 0.407 e. The maximum absolute atomic E-state index is 11.7. The van der Waals surface area contributed by atoms with Gasteiger partial charge in [0, 0.05) is 19.0 Å². The summed E-state index contributed by atoms with van der Waals surface area (Å²) in [7, 11) is 1.66. The average molecular weight is 487 g/mol. The summed E-state index contributed by atoms with van der Waals surface area (Å²) in [6, 6.07) is 22.5. The Kier molecular flexibility index (Phi) is 7.13. The van der Waals surface area contributed by atoms with E-state index in [-0.39, 0.29) is 12.0 Å². The van der Waals surface area contributed by atoms with Crippen LogP contribution in [-0.4, -0.2) is 57.4 Å². The normalized spacial score (nSPS) is 17.9. The number of aryl methyl sites for hydroxylation is 2. The first kappa shape index (κ1) is 23.8. The van der Waals surface area contributed by atoms with Gasteiger partial charge in [-0.1, -0.05) is 53.7 Å². The van der Waals surface area contributed by atoms with Gasteiger partial charge >= 0.3 is 6.09 Å². The number of hydrogen-bond acceptors (Lipinski definition) is 5. The molecule has 1 amide bonds. The van der Waals surface area contributed by atoms with Crippen molar-refractivity contribution in [3.63, 3.8) is 0 Å². The minimum absolute atomic E-state index is 0.00641. The van der Waals surface area contributed by atoms with Gasteiger partial charge in [0.2, 0.25) is 0 Å². The van der Waals surface area contributed by atoms with E-state index in [1.807, 2.05) is 28.9 Å². The number of benzene rings is 3. The van der Waals surface area contributed by atoms with E-state index in [9.17, 15) is 9.90 Å². The first-order chi connectivity index (χ1) is 17.6. The smallest absolute Gasteiger partial charge is 0.407 e. The van der Waals surface area contributed by atoms with Gasteiger partial charge in [-0.15, -0.1) is 5.10 Å². The first-order valence-corrected chi connectivity index (χ1v) is 12.2. The molecule has 3 aromatic carbocycles. The number of fused-ring (bicyclic) bond motifs is 1. The number of aromatic nitrogens is 3. The van der Waals surface area contributed by atoms with Crippen molar-refractivity contribution in [1.82, 2.24) is 19.9 Å². The molecule has 1 fully saturated rings. The molecule has 8 nitrogen and oxygen atoms in total. The third kappa shape index (κ3) is 5.33. The highest BCUT2D eigenvalue weighted by Gasteiger charge is 2.35. The van der Waals surface area contributed by atoms with Crippen molar-refractivity contribution in [1.29, 1.82) is 0 Å². The van der Waals surface area contributed by atoms with Crippen molar-refractivity contribution in [3.05, 3.63) is 89.7 Å². The standard InChI is InChI=1S/C28H30N4O4/c1-35-24-10-7-20(8-11-24)12-15-32-26(17-29-30-32)25-13-14-31(28(33)34)18-27(25)36-19-21-6-9-22-4-2-3-5-23(22)16-21/h2-11,16-17,25,27H,12-15,18-19H2,1H3,(H,33,34)/t25-,27+/m0/s1. The van der Waals surface area contributed by atoms with Crippen LogP contribution >= 0.6 is 0 Å². The highest BCUT2D eigenvalue weighted by molar-refractivity contribution is 5.82. The summed E-state index contributed by atoms with van der Waals surface area (Å²) < 4.78 is 13.6. The molecular weight excluding hydrogens is 456 g/mol. The third-order valence-corrected chi connectivity index (χ3v) is 6.91. The van der Waals surface area contributed by atoms with Crippen LogP contribution in [0.1, 0.15) is 29.2 Å². The van der Waals surface area contributed by atoms with Crippen molar-refractivity contribution in [2.75, 3.05) is 20.2 Å². The van der Waals surface area contributed by atoms with Crippen LogP contribution in [-0.2, 0) is 24.3 Å². The Labute approximate surface area is 210 Å². The zero-order chi connectivity index (χ0) is 24.9. The largest absolute Gasteiger partial charge is 0.497 e. The Balaban J connectivity index is 1.31. The van der Waals surface area contributed by atoms with E-state index in [1.165, 1.54) is 15.8 Å². The van der Waals surface area contributed by atoms with E-state index in [4.69, 9.17) is 9.47 Å². The van der Waals surface area contributed by atoms with E-state index in [0.717, 1.165) is 28.8 Å². The number of carboxylic acid groups (broad SMARTS) is 1. The molecule has 0 bridgehead atoms. The Bertz CT molecular complexity index is 1320. The van der Waals surface area contributed by atoms with Gasteiger partial charge < -0.3 is 19.5 Å². The summed E-state index contributed by atoms with van der Waals surface area (Å²) in [6.45, 7) is 1.86. The fourth-order valence-electron chi connectivity index (χ4n) is 4.88. The molecule has 0 radical (unpaired) electrons. The van der Waals surface area contributed by atoms with Crippen LogP contribution in [0, 0.1) is 0 Å². The summed E-state index contributed by atoms with van der Waals surface area (Å²) in [6.07, 6.45) is 2.04. The Morgan fingerprint density at radius 2 is 1.83 bits per heavy atom. The van der Waals surface area contributed by atoms with Crippen LogP contribution in [0.2, 0.25) is 0 Å². The van der Waals surface area contributed by atoms with E-state index in [1.54, 1.807) is 13.3 Å². The lowest BCUT2D eigenvalue weighted by Gasteiger charge is -2.37. The molecule has 5 rings (SSSR count). The fourth-order valence-corrected chi connectivity index (χ4v) is 4.88. The number of hydrogen-bond donors (Lipinski definition) is 1. The molecule has 4 aromatic rings. The van der Waals surface area contributed by atoms with Crippen LogP contribution in [0.15, 0.2) is 72.9 Å². The SMILES string of the molecule is COc1ccc(CCn2nncc2[C@@H]2CCN(C(=O)O)C[C@H]2OCc2ccc3ccccc3c2)cc1. The highest BCUT2D eigenvalue weighted by atomic mass is 16.5. The van der Waals surface area contributed by atoms with Crippen molar-refractivity contribution in [2.24, 2.45) is 0 Å². The lowest BCUT2D eigenvalue weighted by molar-refractivity contribution is -0.0216. The number of methoxy groups -OCH3 is 1. The third-order valence-electron chi connectivity index (χ3n) is 6.91. The average Bonchev–Trinajstić information content (AvgIpc) is 3.39. The van der Waals surface area contributed by atoms with Gasteiger partial charge in [-0.3, -0.25) is 0 Å². The van der Waals surface area contributed by atoms with Gasteiger partial charge in [0.05, 0.1) is 38.3 Å². The molecule has 2 atom stereocenters. The molecule has 186 valence electrons. The second kappa shape index (κ2) is 10.8. The lowest BCUT2D eigenvalue weighted by Crippen LogP contribution is -2.46. The molecule has 1 aromatic heterocycles. The molecule has 1 aliphatic heterocycles. The summed E-state index contributed by atoms with van der Waals surface area (Å²) in [5.41, 5.74) is 3.23. The predicted molar refractivity (Wildman–Crippen MR) is 136 cm³/mol. The van der Waals surface area contributed by atoms with Crippen LogP contribution in [0.5, 0.6) is 5.75 Å². The Hall–Kier alpha value is -3.91. The number of likely N-dealkylation sites (tertiary alicyclic amines) is 1. The Morgan fingerprint density at radius 3 is 2.61 bits per heavy atom. The summed E-state index contributed by atoms with van der Waals surface area (Å²) in [4.78, 5) is 13.2. The van der Waals surface area contributed by atoms with Crippen LogP contribution in [0.3, 0.4) is 0 Å². The molecule has 1 N–H and O–H groups in total. The van der Waals surface area contributed by atoms with E-state index >= 15 is 0 Å². The monoisotopic (exact) mass is 486 g/mol. The number of amides is 1. The zero-order valence-electron chi connectivity index (χ0n) is 20.3. The van der Waals surface area contributed by atoms with Crippen molar-refractivity contribution in [3.8, 4) is 5.75 Å². The van der Waals surface area contributed by atoms with Gasteiger partial charge in [0.1, 0.15) is 5.75 Å². The van der Waals surface area contributed by atoms with Crippen LogP contribution in [0.25, 0.3) is 10.8 Å². The van der Waals surface area contributed by atoms with Crippen LogP contribution in [0.4, 0.5) is 4.79 Å². The van der Waals surface area contributed by atoms with Gasteiger partial charge in [0.15, 0.2) is 0 Å². The topological polar surface area (TPSA) is 89.7 Å². The van der Waals surface area contributed by atoms with Gasteiger partial charge in [-0.2, -0.15) is 0 Å². The van der Waals surface area contributed by atoms with E-state index in [2.05, 4.69) is 52.8 Å². The molecule has 0 unspecified atom stereocenters. The minimum atomic E-state index is -0.918. The van der Waals surface area contributed by atoms with Gasteiger partial charge in [0.25, 0.3) is 0 Å². The lowest BCUT2D eigenvalue weighted by atomic mass is 9.90. The molecular formula is C28H30N4O4. The molecule has 1 saturated heterocycles. The summed E-state index contributed by atoms with van der Waals surface area (Å²) in [5.74, 6) is 0.837. The van der Waals surface area contributed by atoms with E-state index in [0.29, 0.717) is 32.7 Å². The van der Waals surface area contributed by atoms with E-state index < -0.39 is 6.09 Å². The van der Waals surface area contributed by atoms with Crippen molar-refractivity contribution < 1.29 is 19.4 Å². The molecule has 36 heavy (non-hydrogen) atoms. The summed E-state index contributed by atoms with van der Waals surface area (Å²) in [5, 5.41) is 20.5. The predicted octanol–water partition coefficient (Wildman–Crippen LogP) is 4.74. The number of nitrogens with zero attached hydrogens (tertiary/aromatic N) is 4. The number of piperidine rings is 1. The van der Waals surface area contributed by atoms with Crippen molar-refractivity contribution in [2.45, 2.75) is 38.0 Å². The Morgan fingerprint density at radius 1 is 1.06 bits per heavy atom. The molecule has 0 saturated carbocycles. The number of rotatable bonds is 8. The van der Waals surface area contributed by atoms with Gasteiger partial charge in [-0.25, -0.2) is 9.48 Å². The second-order valence-electron chi connectivity index (χ2n) is 9.13. The number of ether oxygens (including phenoxy) is 2.